The number of benzene rings is 1. The van der Waals surface area contributed by atoms with Crippen LogP contribution < -0.4 is 15.4 Å². The van der Waals surface area contributed by atoms with E-state index in [2.05, 4.69) is 20.8 Å². The Bertz CT molecular complexity index is 963. The predicted octanol–water partition coefficient (Wildman–Crippen LogP) is 4.61. The number of carbonyl (C=O) groups is 1. The number of hydrogen-bond acceptors (Lipinski definition) is 5. The maximum Gasteiger partial charge on any atom is 0.416 e. The molecule has 0 atom stereocenters. The maximum atomic E-state index is 12.7. The van der Waals surface area contributed by atoms with Crippen molar-refractivity contribution < 1.29 is 27.1 Å². The molecule has 0 aliphatic carbocycles. The topological polar surface area (TPSA) is 89.3 Å². The zero-order valence-electron chi connectivity index (χ0n) is 14.7. The minimum atomic E-state index is -4.54. The van der Waals surface area contributed by atoms with Gasteiger partial charge in [0, 0.05) is 6.07 Å². The lowest BCUT2D eigenvalue weighted by Gasteiger charge is -2.12. The van der Waals surface area contributed by atoms with Crippen molar-refractivity contribution in [2.24, 2.45) is 0 Å². The Morgan fingerprint density at radius 1 is 1.17 bits per heavy atom. The van der Waals surface area contributed by atoms with Crippen LogP contribution in [-0.4, -0.2) is 29.4 Å². The van der Waals surface area contributed by atoms with Crippen LogP contribution in [0.2, 0.25) is 5.02 Å². The smallest absolute Gasteiger partial charge is 0.416 e. The monoisotopic (exact) mass is 426 g/mol. The van der Waals surface area contributed by atoms with Crippen molar-refractivity contribution in [3.63, 3.8) is 0 Å². The normalized spacial score (nSPS) is 11.2. The molecule has 0 bridgehead atoms. The molecule has 0 radical (unpaired) electrons. The molecule has 0 unspecified atom stereocenters. The van der Waals surface area contributed by atoms with Crippen molar-refractivity contribution in [3.8, 4) is 17.3 Å². The number of nitrogens with one attached hydrogen (secondary N) is 2. The third-order valence-corrected chi connectivity index (χ3v) is 3.92. The number of anilines is 1. The average Bonchev–Trinajstić information content (AvgIpc) is 3.21. The summed E-state index contributed by atoms with van der Waals surface area (Å²) >= 11 is 5.83. The molecule has 2 N–H and O–H groups in total. The van der Waals surface area contributed by atoms with E-state index in [-0.39, 0.29) is 29.7 Å². The zero-order chi connectivity index (χ0) is 20.9. The Morgan fingerprint density at radius 3 is 2.66 bits per heavy atom. The molecule has 0 aliphatic rings. The van der Waals surface area contributed by atoms with E-state index in [1.165, 1.54) is 6.26 Å². The van der Waals surface area contributed by atoms with Gasteiger partial charge in [0.2, 0.25) is 5.88 Å². The summed E-state index contributed by atoms with van der Waals surface area (Å²) < 4.78 is 48.8. The molecule has 1 aromatic carbocycles. The van der Waals surface area contributed by atoms with Crippen LogP contribution in [0.1, 0.15) is 5.56 Å². The summed E-state index contributed by atoms with van der Waals surface area (Å²) in [5.74, 6) is 0.805. The molecule has 0 spiro atoms. The molecule has 0 aliphatic heterocycles. The van der Waals surface area contributed by atoms with Crippen LogP contribution >= 0.6 is 11.6 Å². The van der Waals surface area contributed by atoms with E-state index < -0.39 is 17.8 Å². The maximum absolute atomic E-state index is 12.7. The van der Waals surface area contributed by atoms with Crippen LogP contribution in [-0.2, 0) is 6.18 Å². The van der Waals surface area contributed by atoms with Crippen molar-refractivity contribution in [2.45, 2.75) is 6.18 Å². The van der Waals surface area contributed by atoms with E-state index in [0.717, 1.165) is 18.2 Å². The Labute approximate surface area is 167 Å². The van der Waals surface area contributed by atoms with E-state index in [1.807, 2.05) is 0 Å². The average molecular weight is 427 g/mol. The van der Waals surface area contributed by atoms with Crippen molar-refractivity contribution in [1.29, 1.82) is 0 Å². The second-order valence-corrected chi connectivity index (χ2v) is 6.06. The van der Waals surface area contributed by atoms with Gasteiger partial charge in [0.15, 0.2) is 5.76 Å². The van der Waals surface area contributed by atoms with Gasteiger partial charge in [0.1, 0.15) is 12.3 Å². The SMILES string of the molecule is O=C(NCCOc1ccc(-c2ccco2)nn1)Nc1cc(C(F)(F)F)ccc1Cl. The molecule has 3 rings (SSSR count). The number of rotatable bonds is 6. The largest absolute Gasteiger partial charge is 0.475 e. The molecule has 2 amide bonds. The van der Waals surface area contributed by atoms with E-state index in [0.29, 0.717) is 11.5 Å². The number of ether oxygens (including phenoxy) is 1. The van der Waals surface area contributed by atoms with E-state index in [1.54, 1.807) is 24.3 Å². The van der Waals surface area contributed by atoms with Gasteiger partial charge in [0.05, 0.1) is 29.1 Å². The summed E-state index contributed by atoms with van der Waals surface area (Å²) in [7, 11) is 0. The van der Waals surface area contributed by atoms with Crippen molar-refractivity contribution >= 4 is 23.3 Å². The van der Waals surface area contributed by atoms with Gasteiger partial charge < -0.3 is 19.8 Å². The molecule has 0 saturated carbocycles. The highest BCUT2D eigenvalue weighted by Gasteiger charge is 2.31. The molecule has 7 nitrogen and oxygen atoms in total. The number of aromatic nitrogens is 2. The lowest BCUT2D eigenvalue weighted by Crippen LogP contribution is -2.32. The van der Waals surface area contributed by atoms with Crippen LogP contribution in [0.3, 0.4) is 0 Å². The molecular formula is C18H14ClF3N4O3. The number of urea groups is 1. The van der Waals surface area contributed by atoms with Crippen molar-refractivity contribution in [3.05, 3.63) is 59.3 Å². The van der Waals surface area contributed by atoms with E-state index in [4.69, 9.17) is 20.8 Å². The fourth-order valence-corrected chi connectivity index (χ4v) is 2.40. The van der Waals surface area contributed by atoms with E-state index >= 15 is 0 Å². The molecule has 11 heteroatoms. The summed E-state index contributed by atoms with van der Waals surface area (Å²) in [4.78, 5) is 11.9. The standard InChI is InChI=1S/C18H14ClF3N4O3/c19-12-4-3-11(18(20,21)22)10-14(12)24-17(27)23-7-9-29-16-6-5-13(25-26-16)15-2-1-8-28-15/h1-6,8,10H,7,9H2,(H2,23,24,27). The Morgan fingerprint density at radius 2 is 2.00 bits per heavy atom. The van der Waals surface area contributed by atoms with Gasteiger partial charge in [-0.3, -0.25) is 0 Å². The lowest BCUT2D eigenvalue weighted by atomic mass is 10.2. The molecular weight excluding hydrogens is 413 g/mol. The van der Waals surface area contributed by atoms with Crippen molar-refractivity contribution in [2.75, 3.05) is 18.5 Å². The van der Waals surface area contributed by atoms with Gasteiger partial charge in [-0.15, -0.1) is 10.2 Å². The van der Waals surface area contributed by atoms with Crippen LogP contribution in [0.5, 0.6) is 5.88 Å². The van der Waals surface area contributed by atoms with Crippen LogP contribution in [0.15, 0.2) is 53.1 Å². The van der Waals surface area contributed by atoms with Crippen molar-refractivity contribution in [1.82, 2.24) is 15.5 Å². The van der Waals surface area contributed by atoms with Crippen LogP contribution in [0.4, 0.5) is 23.7 Å². The first-order valence-electron chi connectivity index (χ1n) is 8.25. The van der Waals surface area contributed by atoms with Gasteiger partial charge in [-0.2, -0.15) is 13.2 Å². The molecule has 2 aromatic heterocycles. The fraction of sp³-hybridized carbons (Fsp3) is 0.167. The molecule has 0 fully saturated rings. The van der Waals surface area contributed by atoms with Gasteiger partial charge >= 0.3 is 12.2 Å². The van der Waals surface area contributed by atoms with Gasteiger partial charge in [-0.1, -0.05) is 11.6 Å². The second-order valence-electron chi connectivity index (χ2n) is 5.66. The van der Waals surface area contributed by atoms with Crippen LogP contribution in [0.25, 0.3) is 11.5 Å². The van der Waals surface area contributed by atoms with Gasteiger partial charge in [-0.05, 0) is 36.4 Å². The second kappa shape index (κ2) is 8.82. The number of amides is 2. The minimum Gasteiger partial charge on any atom is -0.475 e. The quantitative estimate of drug-likeness (QED) is 0.562. The first-order chi connectivity index (χ1) is 13.8. The fourth-order valence-electron chi connectivity index (χ4n) is 2.24. The minimum absolute atomic E-state index is 0.0173. The van der Waals surface area contributed by atoms with E-state index in [9.17, 15) is 18.0 Å². The molecule has 29 heavy (non-hydrogen) atoms. The number of hydrogen-bond donors (Lipinski definition) is 2. The number of halogens is 4. The third-order valence-electron chi connectivity index (χ3n) is 3.59. The van der Waals surface area contributed by atoms with Gasteiger partial charge in [-0.25, -0.2) is 4.79 Å². The summed E-state index contributed by atoms with van der Waals surface area (Å²) in [5, 5.41) is 12.5. The molecule has 3 aromatic rings. The Balaban J connectivity index is 1.46. The molecule has 2 heterocycles. The summed E-state index contributed by atoms with van der Waals surface area (Å²) in [6.07, 6.45) is -3.02. The highest BCUT2D eigenvalue weighted by atomic mass is 35.5. The third kappa shape index (κ3) is 5.61. The number of alkyl halides is 3. The molecule has 0 saturated heterocycles. The first kappa shape index (κ1) is 20.5. The molecule has 152 valence electrons. The zero-order valence-corrected chi connectivity index (χ0v) is 15.4. The highest BCUT2D eigenvalue weighted by molar-refractivity contribution is 6.33. The van der Waals surface area contributed by atoms with Gasteiger partial charge in [0.25, 0.3) is 0 Å². The first-order valence-corrected chi connectivity index (χ1v) is 8.63. The Hall–Kier alpha value is -3.27. The number of furan rings is 1. The number of carbonyl (C=O) groups excluding carboxylic acids is 1. The highest BCUT2D eigenvalue weighted by Crippen LogP contribution is 2.33. The summed E-state index contributed by atoms with van der Waals surface area (Å²) in [6.45, 7) is 0.141. The predicted molar refractivity (Wildman–Crippen MR) is 98.7 cm³/mol. The summed E-state index contributed by atoms with van der Waals surface area (Å²) in [5.41, 5.74) is -0.533. The van der Waals surface area contributed by atoms with Crippen LogP contribution in [0, 0.1) is 0 Å². The Kier molecular flexibility index (Phi) is 6.23. The summed E-state index contributed by atoms with van der Waals surface area (Å²) in [6, 6.07) is 8.65. The lowest BCUT2D eigenvalue weighted by molar-refractivity contribution is -0.137. The number of nitrogens with zero attached hydrogens (tertiary/aromatic N) is 2.